The normalized spacial score (nSPS) is 17.6. The number of Topliss-reactive ketones (excluding diaryl/α,β-unsaturated/α-hetero) is 1. The van der Waals surface area contributed by atoms with Gasteiger partial charge in [0, 0.05) is 17.1 Å². The minimum atomic E-state index is -0.697. The second-order valence-electron chi connectivity index (χ2n) is 8.30. The lowest BCUT2D eigenvalue weighted by Crippen LogP contribution is -2.33. The molecule has 2 aromatic carbocycles. The van der Waals surface area contributed by atoms with Gasteiger partial charge < -0.3 is 19.6 Å². The molecule has 1 aliphatic rings. The second kappa shape index (κ2) is 12.0. The number of halogens is 1. The van der Waals surface area contributed by atoms with E-state index < -0.39 is 17.7 Å². The van der Waals surface area contributed by atoms with Crippen LogP contribution in [0.2, 0.25) is 5.02 Å². The Morgan fingerprint density at radius 1 is 1.09 bits per heavy atom. The number of carbonyl (C=O) groups is 2. The van der Waals surface area contributed by atoms with Gasteiger partial charge in [-0.3, -0.25) is 9.59 Å². The van der Waals surface area contributed by atoms with Gasteiger partial charge >= 0.3 is 0 Å². The predicted octanol–water partition coefficient (Wildman–Crippen LogP) is 5.28. The summed E-state index contributed by atoms with van der Waals surface area (Å²) in [6.07, 6.45) is 1.59. The third-order valence-corrected chi connectivity index (χ3v) is 6.32. The lowest BCUT2D eigenvalue weighted by Gasteiger charge is -2.27. The van der Waals surface area contributed by atoms with Crippen LogP contribution in [0.5, 0.6) is 5.75 Å². The molecule has 0 bridgehead atoms. The molecule has 6 nitrogen and oxygen atoms in total. The minimum absolute atomic E-state index is 0.0859. The summed E-state index contributed by atoms with van der Waals surface area (Å²) in [4.78, 5) is 30.1. The first kappa shape index (κ1) is 25.8. The molecule has 0 aromatic heterocycles. The van der Waals surface area contributed by atoms with E-state index in [2.05, 4.69) is 18.7 Å². The molecule has 1 N–H and O–H groups in total. The van der Waals surface area contributed by atoms with E-state index in [-0.39, 0.29) is 11.3 Å². The van der Waals surface area contributed by atoms with Gasteiger partial charge in [0.25, 0.3) is 11.7 Å². The van der Waals surface area contributed by atoms with Gasteiger partial charge in [0.2, 0.25) is 0 Å². The predicted molar refractivity (Wildman–Crippen MR) is 135 cm³/mol. The molecule has 1 heterocycles. The van der Waals surface area contributed by atoms with Gasteiger partial charge in [-0.05, 0) is 74.4 Å². The number of nitrogens with zero attached hydrogens (tertiary/aromatic N) is 2. The number of hydrogen-bond acceptors (Lipinski definition) is 5. The smallest absolute Gasteiger partial charge is 0.295 e. The number of carbonyl (C=O) groups excluding carboxylic acids is 2. The molecular formula is C27H33ClN2O4. The summed E-state index contributed by atoms with van der Waals surface area (Å²) in [7, 11) is 0. The van der Waals surface area contributed by atoms with Crippen molar-refractivity contribution in [2.24, 2.45) is 0 Å². The molecule has 1 aliphatic heterocycles. The van der Waals surface area contributed by atoms with Crippen molar-refractivity contribution in [2.45, 2.75) is 39.7 Å². The first-order valence-electron chi connectivity index (χ1n) is 11.9. The molecule has 1 saturated heterocycles. The fourth-order valence-corrected chi connectivity index (χ4v) is 4.35. The quantitative estimate of drug-likeness (QED) is 0.267. The van der Waals surface area contributed by atoms with Crippen molar-refractivity contribution >= 4 is 29.1 Å². The number of aliphatic hydroxyl groups is 1. The van der Waals surface area contributed by atoms with Crippen LogP contribution in [0, 0.1) is 0 Å². The molecule has 34 heavy (non-hydrogen) atoms. The third-order valence-electron chi connectivity index (χ3n) is 6.07. The Bertz CT molecular complexity index is 1030. The first-order chi connectivity index (χ1) is 16.4. The Morgan fingerprint density at radius 2 is 1.79 bits per heavy atom. The van der Waals surface area contributed by atoms with E-state index in [4.69, 9.17) is 16.3 Å². The van der Waals surface area contributed by atoms with Crippen molar-refractivity contribution in [3.8, 4) is 5.75 Å². The van der Waals surface area contributed by atoms with E-state index in [0.29, 0.717) is 29.5 Å². The number of likely N-dealkylation sites (tertiary alicyclic amines) is 1. The fraction of sp³-hybridized carbons (Fsp3) is 0.407. The molecule has 7 heteroatoms. The summed E-state index contributed by atoms with van der Waals surface area (Å²) in [6.45, 7) is 9.87. The highest BCUT2D eigenvalue weighted by atomic mass is 35.5. The van der Waals surface area contributed by atoms with Crippen molar-refractivity contribution in [3.63, 3.8) is 0 Å². The topological polar surface area (TPSA) is 70.1 Å². The Labute approximate surface area is 206 Å². The average molecular weight is 485 g/mol. The van der Waals surface area contributed by atoms with Crippen LogP contribution in [0.15, 0.2) is 54.1 Å². The number of amides is 1. The van der Waals surface area contributed by atoms with Crippen LogP contribution >= 0.6 is 11.6 Å². The Hall–Kier alpha value is -2.83. The maximum atomic E-state index is 13.2. The van der Waals surface area contributed by atoms with Crippen LogP contribution < -0.4 is 4.74 Å². The van der Waals surface area contributed by atoms with Gasteiger partial charge in [0.15, 0.2) is 0 Å². The average Bonchev–Trinajstić information content (AvgIpc) is 3.10. The Balaban J connectivity index is 2.03. The summed E-state index contributed by atoms with van der Waals surface area (Å²) < 4.78 is 5.79. The van der Waals surface area contributed by atoms with Crippen molar-refractivity contribution in [3.05, 3.63) is 70.3 Å². The van der Waals surface area contributed by atoms with Crippen LogP contribution in [-0.2, 0) is 9.59 Å². The Morgan fingerprint density at radius 3 is 2.44 bits per heavy atom. The standard InChI is InChI=1S/C27H33ClN2O4/c1-4-17-34-22-10-7-9-20(18-22)24-23(25(31)19-11-13-21(28)14-12-19)26(32)27(33)30(24)16-8-15-29(5-2)6-3/h7,9-14,18,24,31H,4-6,8,15-17H2,1-3H3/t24-/m0/s1. The van der Waals surface area contributed by atoms with Gasteiger partial charge in [-0.15, -0.1) is 0 Å². The van der Waals surface area contributed by atoms with Crippen molar-refractivity contribution < 1.29 is 19.4 Å². The van der Waals surface area contributed by atoms with Crippen LogP contribution in [0.4, 0.5) is 0 Å². The van der Waals surface area contributed by atoms with Gasteiger partial charge in [0.1, 0.15) is 11.5 Å². The molecule has 2 aromatic rings. The zero-order chi connectivity index (χ0) is 24.7. The summed E-state index contributed by atoms with van der Waals surface area (Å²) >= 11 is 6.00. The fourth-order valence-electron chi connectivity index (χ4n) is 4.22. The zero-order valence-electron chi connectivity index (χ0n) is 20.1. The van der Waals surface area contributed by atoms with E-state index in [1.165, 1.54) is 0 Å². The molecule has 0 aliphatic carbocycles. The highest BCUT2D eigenvalue weighted by Crippen LogP contribution is 2.40. The number of benzene rings is 2. The molecule has 3 rings (SSSR count). The maximum Gasteiger partial charge on any atom is 0.295 e. The number of ether oxygens (including phenoxy) is 1. The van der Waals surface area contributed by atoms with Gasteiger partial charge in [-0.1, -0.05) is 44.5 Å². The van der Waals surface area contributed by atoms with Gasteiger partial charge in [-0.2, -0.15) is 0 Å². The van der Waals surface area contributed by atoms with E-state index in [9.17, 15) is 14.7 Å². The molecule has 0 saturated carbocycles. The highest BCUT2D eigenvalue weighted by molar-refractivity contribution is 6.46. The molecule has 1 amide bonds. The third kappa shape index (κ3) is 5.80. The molecule has 1 atom stereocenters. The van der Waals surface area contributed by atoms with Crippen LogP contribution in [0.3, 0.4) is 0 Å². The molecule has 1 fully saturated rings. The van der Waals surface area contributed by atoms with E-state index in [1.807, 2.05) is 31.2 Å². The summed E-state index contributed by atoms with van der Waals surface area (Å²) in [5, 5.41) is 11.7. The highest BCUT2D eigenvalue weighted by Gasteiger charge is 2.45. The van der Waals surface area contributed by atoms with Crippen LogP contribution in [0.25, 0.3) is 5.76 Å². The maximum absolute atomic E-state index is 13.2. The van der Waals surface area contributed by atoms with Crippen LogP contribution in [-0.4, -0.2) is 59.4 Å². The molecule has 0 spiro atoms. The lowest BCUT2D eigenvalue weighted by molar-refractivity contribution is -0.140. The lowest BCUT2D eigenvalue weighted by atomic mass is 9.95. The number of aliphatic hydroxyl groups excluding tert-OH is 1. The summed E-state index contributed by atoms with van der Waals surface area (Å²) in [5.74, 6) is -0.814. The number of hydrogen-bond donors (Lipinski definition) is 1. The molecule has 0 radical (unpaired) electrons. The monoisotopic (exact) mass is 484 g/mol. The molecule has 182 valence electrons. The largest absolute Gasteiger partial charge is 0.507 e. The van der Waals surface area contributed by atoms with Crippen molar-refractivity contribution in [1.82, 2.24) is 9.80 Å². The number of ketones is 1. The van der Waals surface area contributed by atoms with Crippen molar-refractivity contribution in [2.75, 3.05) is 32.8 Å². The van der Waals surface area contributed by atoms with Gasteiger partial charge in [0.05, 0.1) is 18.2 Å². The second-order valence-corrected chi connectivity index (χ2v) is 8.74. The van der Waals surface area contributed by atoms with Crippen molar-refractivity contribution in [1.29, 1.82) is 0 Å². The zero-order valence-corrected chi connectivity index (χ0v) is 20.8. The van der Waals surface area contributed by atoms with Gasteiger partial charge in [-0.25, -0.2) is 0 Å². The SMILES string of the molecule is CCCOc1cccc([C@H]2C(=C(O)c3ccc(Cl)cc3)C(=O)C(=O)N2CCCN(CC)CC)c1. The first-order valence-corrected chi connectivity index (χ1v) is 12.3. The molecule has 0 unspecified atom stereocenters. The van der Waals surface area contributed by atoms with E-state index >= 15 is 0 Å². The minimum Gasteiger partial charge on any atom is -0.507 e. The number of rotatable bonds is 11. The van der Waals surface area contributed by atoms with E-state index in [0.717, 1.165) is 38.0 Å². The Kier molecular flexibility index (Phi) is 9.13. The molecular weight excluding hydrogens is 452 g/mol. The summed E-state index contributed by atoms with van der Waals surface area (Å²) in [6, 6.07) is 13.3. The van der Waals surface area contributed by atoms with E-state index in [1.54, 1.807) is 29.2 Å². The van der Waals surface area contributed by atoms with Crippen LogP contribution in [0.1, 0.15) is 50.8 Å². The summed E-state index contributed by atoms with van der Waals surface area (Å²) in [5.41, 5.74) is 1.25.